The lowest BCUT2D eigenvalue weighted by Gasteiger charge is -2.20. The standard InChI is InChI=1S/C19H23N3O2/c1-12-6-7-16(8-13(12)2)21-17(23)14-9-15(11-20-10-14)18(24)22-19(3,4)5/h6-11H,1-5H3,(H,21,23)(H,22,24). The van der Waals surface area contributed by atoms with Crippen molar-refractivity contribution >= 4 is 17.5 Å². The average Bonchev–Trinajstić information content (AvgIpc) is 2.49. The van der Waals surface area contributed by atoms with Gasteiger partial charge in [0.05, 0.1) is 11.1 Å². The maximum absolute atomic E-state index is 12.4. The minimum absolute atomic E-state index is 0.254. The van der Waals surface area contributed by atoms with E-state index in [-0.39, 0.29) is 17.4 Å². The van der Waals surface area contributed by atoms with E-state index in [1.54, 1.807) is 6.07 Å². The van der Waals surface area contributed by atoms with E-state index in [9.17, 15) is 9.59 Å². The maximum Gasteiger partial charge on any atom is 0.257 e. The number of rotatable bonds is 3. The van der Waals surface area contributed by atoms with Crippen LogP contribution < -0.4 is 10.6 Å². The first-order valence-electron chi connectivity index (χ1n) is 7.82. The third kappa shape index (κ3) is 4.65. The molecule has 0 aliphatic heterocycles. The number of hydrogen-bond donors (Lipinski definition) is 2. The van der Waals surface area contributed by atoms with Gasteiger partial charge in [0.25, 0.3) is 11.8 Å². The highest BCUT2D eigenvalue weighted by Gasteiger charge is 2.17. The van der Waals surface area contributed by atoms with E-state index in [2.05, 4.69) is 15.6 Å². The number of benzene rings is 1. The monoisotopic (exact) mass is 325 g/mol. The van der Waals surface area contributed by atoms with Crippen LogP contribution in [0.3, 0.4) is 0 Å². The second kappa shape index (κ2) is 6.83. The fraction of sp³-hybridized carbons (Fsp3) is 0.316. The molecule has 1 aromatic carbocycles. The van der Waals surface area contributed by atoms with Gasteiger partial charge in [-0.25, -0.2) is 0 Å². The quantitative estimate of drug-likeness (QED) is 0.907. The molecule has 0 unspecified atom stereocenters. The molecule has 1 heterocycles. The van der Waals surface area contributed by atoms with Gasteiger partial charge in [0, 0.05) is 23.6 Å². The summed E-state index contributed by atoms with van der Waals surface area (Å²) in [7, 11) is 0. The van der Waals surface area contributed by atoms with E-state index >= 15 is 0 Å². The van der Waals surface area contributed by atoms with Gasteiger partial charge in [0.1, 0.15) is 0 Å². The highest BCUT2D eigenvalue weighted by molar-refractivity contribution is 6.05. The van der Waals surface area contributed by atoms with E-state index in [0.29, 0.717) is 16.8 Å². The molecule has 0 atom stereocenters. The first-order valence-corrected chi connectivity index (χ1v) is 7.82. The molecule has 1 aromatic heterocycles. The molecular formula is C19H23N3O2. The first kappa shape index (κ1) is 17.7. The van der Waals surface area contributed by atoms with E-state index in [0.717, 1.165) is 11.1 Å². The first-order chi connectivity index (χ1) is 11.2. The molecule has 2 rings (SSSR count). The van der Waals surface area contributed by atoms with Gasteiger partial charge >= 0.3 is 0 Å². The lowest BCUT2D eigenvalue weighted by atomic mass is 10.1. The molecule has 0 bridgehead atoms. The number of aromatic nitrogens is 1. The third-order valence-electron chi connectivity index (χ3n) is 3.52. The highest BCUT2D eigenvalue weighted by Crippen LogP contribution is 2.15. The van der Waals surface area contributed by atoms with Crippen LogP contribution in [0.2, 0.25) is 0 Å². The van der Waals surface area contributed by atoms with Crippen LogP contribution in [0.15, 0.2) is 36.7 Å². The van der Waals surface area contributed by atoms with Crippen LogP contribution in [0.5, 0.6) is 0 Å². The Kier molecular flexibility index (Phi) is 5.02. The van der Waals surface area contributed by atoms with Crippen LogP contribution >= 0.6 is 0 Å². The number of amides is 2. The normalized spacial score (nSPS) is 11.0. The van der Waals surface area contributed by atoms with Crippen molar-refractivity contribution in [2.45, 2.75) is 40.2 Å². The summed E-state index contributed by atoms with van der Waals surface area (Å²) < 4.78 is 0. The van der Waals surface area contributed by atoms with Crippen LogP contribution in [-0.4, -0.2) is 22.3 Å². The van der Waals surface area contributed by atoms with Gasteiger partial charge in [-0.05, 0) is 63.9 Å². The van der Waals surface area contributed by atoms with Crippen molar-refractivity contribution < 1.29 is 9.59 Å². The van der Waals surface area contributed by atoms with Gasteiger partial charge in [-0.2, -0.15) is 0 Å². The van der Waals surface area contributed by atoms with E-state index < -0.39 is 0 Å². The molecule has 0 saturated carbocycles. The lowest BCUT2D eigenvalue weighted by Crippen LogP contribution is -2.40. The van der Waals surface area contributed by atoms with Crippen molar-refractivity contribution in [2.24, 2.45) is 0 Å². The molecule has 0 radical (unpaired) electrons. The Hall–Kier alpha value is -2.69. The number of pyridine rings is 1. The molecule has 2 amide bonds. The van der Waals surface area contributed by atoms with Crippen molar-refractivity contribution in [2.75, 3.05) is 5.32 Å². The number of hydrogen-bond acceptors (Lipinski definition) is 3. The molecule has 0 saturated heterocycles. The van der Waals surface area contributed by atoms with Gasteiger partial charge in [-0.3, -0.25) is 14.6 Å². The number of carbonyl (C=O) groups excluding carboxylic acids is 2. The number of anilines is 1. The summed E-state index contributed by atoms with van der Waals surface area (Å²) in [6.45, 7) is 9.70. The van der Waals surface area contributed by atoms with Gasteiger partial charge < -0.3 is 10.6 Å². The topological polar surface area (TPSA) is 71.1 Å². The fourth-order valence-corrected chi connectivity index (χ4v) is 2.12. The Morgan fingerprint density at radius 1 is 0.917 bits per heavy atom. The molecule has 126 valence electrons. The van der Waals surface area contributed by atoms with Crippen molar-refractivity contribution in [3.05, 3.63) is 58.9 Å². The van der Waals surface area contributed by atoms with Crippen LogP contribution in [-0.2, 0) is 0 Å². The molecule has 0 fully saturated rings. The number of nitrogens with one attached hydrogen (secondary N) is 2. The molecule has 5 nitrogen and oxygen atoms in total. The second-order valence-corrected chi connectivity index (χ2v) is 6.92. The largest absolute Gasteiger partial charge is 0.347 e. The summed E-state index contributed by atoms with van der Waals surface area (Å²) >= 11 is 0. The molecule has 0 aliphatic carbocycles. The van der Waals surface area contributed by atoms with E-state index in [1.165, 1.54) is 12.4 Å². The lowest BCUT2D eigenvalue weighted by molar-refractivity contribution is 0.0919. The van der Waals surface area contributed by atoms with Crippen LogP contribution in [0.25, 0.3) is 0 Å². The van der Waals surface area contributed by atoms with Gasteiger partial charge in [-0.15, -0.1) is 0 Å². The third-order valence-corrected chi connectivity index (χ3v) is 3.52. The summed E-state index contributed by atoms with van der Waals surface area (Å²) in [4.78, 5) is 28.6. The fourth-order valence-electron chi connectivity index (χ4n) is 2.12. The van der Waals surface area contributed by atoms with E-state index in [1.807, 2.05) is 52.8 Å². The molecular weight excluding hydrogens is 302 g/mol. The average molecular weight is 325 g/mol. The summed E-state index contributed by atoms with van der Waals surface area (Å²) in [5.41, 5.74) is 3.33. The zero-order valence-corrected chi connectivity index (χ0v) is 14.7. The second-order valence-electron chi connectivity index (χ2n) is 6.92. The zero-order valence-electron chi connectivity index (χ0n) is 14.7. The number of aryl methyl sites for hydroxylation is 2. The van der Waals surface area contributed by atoms with Gasteiger partial charge in [0.15, 0.2) is 0 Å². The smallest absolute Gasteiger partial charge is 0.257 e. The summed E-state index contributed by atoms with van der Waals surface area (Å²) in [5.74, 6) is -0.549. The molecule has 2 aromatic rings. The Bertz CT molecular complexity index is 776. The molecule has 24 heavy (non-hydrogen) atoms. The molecule has 2 N–H and O–H groups in total. The minimum atomic E-state index is -0.352. The van der Waals surface area contributed by atoms with Gasteiger partial charge in [-0.1, -0.05) is 6.07 Å². The van der Waals surface area contributed by atoms with Crippen LogP contribution in [0, 0.1) is 13.8 Å². The van der Waals surface area contributed by atoms with Crippen molar-refractivity contribution in [1.29, 1.82) is 0 Å². The zero-order chi connectivity index (χ0) is 17.9. The minimum Gasteiger partial charge on any atom is -0.347 e. The molecule has 5 heteroatoms. The predicted molar refractivity (Wildman–Crippen MR) is 95.3 cm³/mol. The predicted octanol–water partition coefficient (Wildman–Crippen LogP) is 3.48. The Labute approximate surface area is 142 Å². The van der Waals surface area contributed by atoms with E-state index in [4.69, 9.17) is 0 Å². The maximum atomic E-state index is 12.4. The summed E-state index contributed by atoms with van der Waals surface area (Å²) in [6, 6.07) is 7.27. The Morgan fingerprint density at radius 3 is 2.12 bits per heavy atom. The SMILES string of the molecule is Cc1ccc(NC(=O)c2cncc(C(=O)NC(C)(C)C)c2)cc1C. The van der Waals surface area contributed by atoms with Crippen molar-refractivity contribution in [3.8, 4) is 0 Å². The van der Waals surface area contributed by atoms with Crippen molar-refractivity contribution in [1.82, 2.24) is 10.3 Å². The van der Waals surface area contributed by atoms with Gasteiger partial charge in [0.2, 0.25) is 0 Å². The molecule has 0 spiro atoms. The summed E-state index contributed by atoms with van der Waals surface area (Å²) in [6.07, 6.45) is 2.90. The Balaban J connectivity index is 2.16. The molecule has 0 aliphatic rings. The van der Waals surface area contributed by atoms with Crippen LogP contribution in [0.1, 0.15) is 52.6 Å². The van der Waals surface area contributed by atoms with Crippen molar-refractivity contribution in [3.63, 3.8) is 0 Å². The number of carbonyl (C=O) groups is 2. The Morgan fingerprint density at radius 2 is 1.54 bits per heavy atom. The highest BCUT2D eigenvalue weighted by atomic mass is 16.2. The number of nitrogens with zero attached hydrogens (tertiary/aromatic N) is 1. The van der Waals surface area contributed by atoms with Crippen LogP contribution in [0.4, 0.5) is 5.69 Å². The summed E-state index contributed by atoms with van der Waals surface area (Å²) in [5, 5.41) is 5.68.